The van der Waals surface area contributed by atoms with Gasteiger partial charge < -0.3 is 10.6 Å². The minimum absolute atomic E-state index is 0.203. The van der Waals surface area contributed by atoms with Gasteiger partial charge in [0.2, 0.25) is 5.95 Å². The van der Waals surface area contributed by atoms with Gasteiger partial charge in [0.25, 0.3) is 0 Å². The smallest absolute Gasteiger partial charge is 0.224 e. The van der Waals surface area contributed by atoms with Crippen molar-refractivity contribution in [1.29, 1.82) is 0 Å². The second-order valence-corrected chi connectivity index (χ2v) is 6.13. The maximum Gasteiger partial charge on any atom is 0.224 e. The van der Waals surface area contributed by atoms with Crippen LogP contribution in [0.2, 0.25) is 0 Å². The van der Waals surface area contributed by atoms with E-state index in [0.29, 0.717) is 11.9 Å². The summed E-state index contributed by atoms with van der Waals surface area (Å²) < 4.78 is 12.9. The summed E-state index contributed by atoms with van der Waals surface area (Å²) in [6.45, 7) is 7.96. The van der Waals surface area contributed by atoms with Crippen LogP contribution >= 0.6 is 0 Å². The lowest BCUT2D eigenvalue weighted by Crippen LogP contribution is -2.11. The Labute approximate surface area is 137 Å². The van der Waals surface area contributed by atoms with E-state index in [-0.39, 0.29) is 5.82 Å². The van der Waals surface area contributed by atoms with E-state index < -0.39 is 0 Å². The zero-order valence-electron chi connectivity index (χ0n) is 14.1. The summed E-state index contributed by atoms with van der Waals surface area (Å²) in [4.78, 5) is 8.89. The van der Waals surface area contributed by atoms with Crippen LogP contribution in [0.1, 0.15) is 31.5 Å². The van der Waals surface area contributed by atoms with E-state index in [0.717, 1.165) is 43.0 Å². The Bertz CT molecular complexity index is 611. The van der Waals surface area contributed by atoms with Gasteiger partial charge in [-0.15, -0.1) is 0 Å². The highest BCUT2D eigenvalue weighted by atomic mass is 19.1. The molecule has 23 heavy (non-hydrogen) atoms. The number of nitrogens with zero attached hydrogens (tertiary/aromatic N) is 2. The zero-order chi connectivity index (χ0) is 16.7. The molecule has 0 bridgehead atoms. The molecule has 0 aliphatic heterocycles. The molecule has 1 aromatic heterocycles. The first-order chi connectivity index (χ1) is 11.0. The van der Waals surface area contributed by atoms with Gasteiger partial charge in [-0.25, -0.2) is 9.37 Å². The van der Waals surface area contributed by atoms with Crippen molar-refractivity contribution in [2.45, 2.75) is 33.6 Å². The topological polar surface area (TPSA) is 49.8 Å². The number of aromatic nitrogens is 2. The van der Waals surface area contributed by atoms with E-state index in [2.05, 4.69) is 34.4 Å². The molecule has 0 unspecified atom stereocenters. The first-order valence-electron chi connectivity index (χ1n) is 8.11. The minimum Gasteiger partial charge on any atom is -0.370 e. The van der Waals surface area contributed by atoms with E-state index in [4.69, 9.17) is 0 Å². The van der Waals surface area contributed by atoms with Gasteiger partial charge in [0.15, 0.2) is 0 Å². The van der Waals surface area contributed by atoms with Crippen LogP contribution in [0.4, 0.5) is 16.2 Å². The molecule has 0 aliphatic carbocycles. The average Bonchev–Trinajstić information content (AvgIpc) is 2.48. The van der Waals surface area contributed by atoms with Crippen LogP contribution in [0.15, 0.2) is 30.3 Å². The van der Waals surface area contributed by atoms with Crippen LogP contribution in [0.5, 0.6) is 0 Å². The molecule has 0 aliphatic rings. The Hall–Kier alpha value is -2.17. The predicted molar refractivity (Wildman–Crippen MR) is 93.3 cm³/mol. The van der Waals surface area contributed by atoms with Crippen LogP contribution in [0, 0.1) is 18.7 Å². The molecule has 1 aromatic carbocycles. The zero-order valence-corrected chi connectivity index (χ0v) is 14.1. The lowest BCUT2D eigenvalue weighted by Gasteiger charge is -2.11. The molecule has 2 rings (SSSR count). The Morgan fingerprint density at radius 2 is 1.78 bits per heavy atom. The number of halogens is 1. The highest BCUT2D eigenvalue weighted by Crippen LogP contribution is 2.11. The van der Waals surface area contributed by atoms with Gasteiger partial charge in [0, 0.05) is 24.8 Å². The molecule has 0 radical (unpaired) electrons. The second kappa shape index (κ2) is 8.46. The van der Waals surface area contributed by atoms with Crippen molar-refractivity contribution in [1.82, 2.24) is 9.97 Å². The van der Waals surface area contributed by atoms with Crippen LogP contribution in [0.3, 0.4) is 0 Å². The quantitative estimate of drug-likeness (QED) is 0.772. The lowest BCUT2D eigenvalue weighted by molar-refractivity contribution is 0.606. The molecule has 5 heteroatoms. The molecule has 0 atom stereocenters. The molecule has 0 fully saturated rings. The Morgan fingerprint density at radius 3 is 2.48 bits per heavy atom. The van der Waals surface area contributed by atoms with Gasteiger partial charge in [0.1, 0.15) is 11.6 Å². The van der Waals surface area contributed by atoms with Crippen molar-refractivity contribution in [2.24, 2.45) is 5.92 Å². The number of anilines is 2. The maximum atomic E-state index is 12.9. The van der Waals surface area contributed by atoms with E-state index in [1.54, 1.807) is 12.1 Å². The Balaban J connectivity index is 1.86. The van der Waals surface area contributed by atoms with Gasteiger partial charge >= 0.3 is 0 Å². The molecule has 2 N–H and O–H groups in total. The van der Waals surface area contributed by atoms with E-state index in [1.165, 1.54) is 12.1 Å². The van der Waals surface area contributed by atoms with Gasteiger partial charge in [0.05, 0.1) is 0 Å². The van der Waals surface area contributed by atoms with Crippen molar-refractivity contribution in [2.75, 3.05) is 23.7 Å². The fourth-order valence-electron chi connectivity index (χ4n) is 2.20. The van der Waals surface area contributed by atoms with Crippen molar-refractivity contribution >= 4 is 11.8 Å². The van der Waals surface area contributed by atoms with Crippen molar-refractivity contribution in [3.8, 4) is 0 Å². The molecule has 0 saturated carbocycles. The number of aryl methyl sites for hydroxylation is 1. The highest BCUT2D eigenvalue weighted by Gasteiger charge is 2.03. The van der Waals surface area contributed by atoms with Gasteiger partial charge in [-0.2, -0.15) is 4.98 Å². The molecule has 124 valence electrons. The fraction of sp³-hybridized carbons (Fsp3) is 0.444. The summed E-state index contributed by atoms with van der Waals surface area (Å²) in [5.41, 5.74) is 2.02. The first kappa shape index (κ1) is 17.2. The summed E-state index contributed by atoms with van der Waals surface area (Å²) in [5.74, 6) is 1.92. The summed E-state index contributed by atoms with van der Waals surface area (Å²) in [7, 11) is 0. The monoisotopic (exact) mass is 316 g/mol. The Morgan fingerprint density at radius 1 is 1.04 bits per heavy atom. The van der Waals surface area contributed by atoms with E-state index in [9.17, 15) is 4.39 Å². The minimum atomic E-state index is -0.203. The second-order valence-electron chi connectivity index (χ2n) is 6.13. The van der Waals surface area contributed by atoms with Crippen molar-refractivity contribution < 1.29 is 4.39 Å². The summed E-state index contributed by atoms with van der Waals surface area (Å²) >= 11 is 0. The SMILES string of the molecule is Cc1cc(NCCc2ccc(F)cc2)nc(NCCC(C)C)n1. The fourth-order valence-corrected chi connectivity index (χ4v) is 2.20. The van der Waals surface area contributed by atoms with Gasteiger partial charge in [-0.3, -0.25) is 0 Å². The lowest BCUT2D eigenvalue weighted by atomic mass is 10.1. The number of hydrogen-bond acceptors (Lipinski definition) is 4. The third kappa shape index (κ3) is 6.22. The average molecular weight is 316 g/mol. The molecule has 0 spiro atoms. The van der Waals surface area contributed by atoms with Crippen LogP contribution in [0.25, 0.3) is 0 Å². The summed E-state index contributed by atoms with van der Waals surface area (Å²) in [6, 6.07) is 8.52. The summed E-state index contributed by atoms with van der Waals surface area (Å²) in [5, 5.41) is 6.57. The summed E-state index contributed by atoms with van der Waals surface area (Å²) in [6.07, 6.45) is 1.91. The number of hydrogen-bond donors (Lipinski definition) is 2. The number of benzene rings is 1. The van der Waals surface area contributed by atoms with E-state index in [1.807, 2.05) is 13.0 Å². The molecular formula is C18H25FN4. The molecule has 1 heterocycles. The number of rotatable bonds is 8. The van der Waals surface area contributed by atoms with Crippen molar-refractivity contribution in [3.63, 3.8) is 0 Å². The third-order valence-electron chi connectivity index (χ3n) is 3.49. The molecule has 4 nitrogen and oxygen atoms in total. The highest BCUT2D eigenvalue weighted by molar-refractivity contribution is 5.42. The standard InChI is InChI=1S/C18H25FN4/c1-13(2)8-10-21-18-22-14(3)12-17(23-18)20-11-9-15-4-6-16(19)7-5-15/h4-7,12-13H,8-11H2,1-3H3,(H2,20,21,22,23). The first-order valence-corrected chi connectivity index (χ1v) is 8.11. The normalized spacial score (nSPS) is 10.8. The van der Waals surface area contributed by atoms with Crippen molar-refractivity contribution in [3.05, 3.63) is 47.4 Å². The largest absolute Gasteiger partial charge is 0.370 e. The molecule has 2 aromatic rings. The van der Waals surface area contributed by atoms with Crippen LogP contribution in [-0.4, -0.2) is 23.1 Å². The number of nitrogens with one attached hydrogen (secondary N) is 2. The predicted octanol–water partition coefficient (Wildman–Crippen LogP) is 4.04. The van der Waals surface area contributed by atoms with Gasteiger partial charge in [-0.05, 0) is 43.4 Å². The van der Waals surface area contributed by atoms with Crippen LogP contribution in [-0.2, 0) is 6.42 Å². The molecule has 0 saturated heterocycles. The molecule has 0 amide bonds. The van der Waals surface area contributed by atoms with E-state index >= 15 is 0 Å². The van der Waals surface area contributed by atoms with Gasteiger partial charge in [-0.1, -0.05) is 26.0 Å². The third-order valence-corrected chi connectivity index (χ3v) is 3.49. The maximum absolute atomic E-state index is 12.9. The van der Waals surface area contributed by atoms with Crippen LogP contribution < -0.4 is 10.6 Å². The molecular weight excluding hydrogens is 291 g/mol. The Kier molecular flexibility index (Phi) is 6.32.